The predicted molar refractivity (Wildman–Crippen MR) is 94.6 cm³/mol. The van der Waals surface area contributed by atoms with E-state index < -0.39 is 11.3 Å². The number of hydrogen-bond acceptors (Lipinski definition) is 3. The Morgan fingerprint density at radius 1 is 1.04 bits per heavy atom. The van der Waals surface area contributed by atoms with Gasteiger partial charge in [-0.25, -0.2) is 0 Å². The largest absolute Gasteiger partial charge is 0.460 e. The molecule has 0 fully saturated rings. The van der Waals surface area contributed by atoms with E-state index in [-0.39, 0.29) is 11.3 Å². The van der Waals surface area contributed by atoms with Crippen LogP contribution in [0.5, 0.6) is 0 Å². The van der Waals surface area contributed by atoms with Crippen LogP contribution < -0.4 is 10.7 Å². The lowest BCUT2D eigenvalue weighted by Gasteiger charge is -2.10. The van der Waals surface area contributed by atoms with Crippen molar-refractivity contribution in [3.63, 3.8) is 0 Å². The van der Waals surface area contributed by atoms with Gasteiger partial charge in [0.25, 0.3) is 5.91 Å². The summed E-state index contributed by atoms with van der Waals surface area (Å²) in [5.74, 6) is 0.119. The normalized spacial score (nSPS) is 10.4. The summed E-state index contributed by atoms with van der Waals surface area (Å²) in [6, 6.07) is 17.2. The number of carbonyl (C=O) groups excluding carboxylic acids is 1. The third-order valence-corrected chi connectivity index (χ3v) is 3.79. The number of halogens is 1. The van der Waals surface area contributed by atoms with Crippen LogP contribution in [0.15, 0.2) is 69.9 Å². The van der Waals surface area contributed by atoms with Crippen LogP contribution in [0, 0.1) is 6.92 Å². The topological polar surface area (TPSA) is 59.3 Å². The first kappa shape index (κ1) is 16.0. The highest BCUT2D eigenvalue weighted by Crippen LogP contribution is 2.25. The zero-order chi connectivity index (χ0) is 17.1. The van der Waals surface area contributed by atoms with Gasteiger partial charge in [-0.3, -0.25) is 9.59 Å². The summed E-state index contributed by atoms with van der Waals surface area (Å²) in [5.41, 5.74) is 0.639. The average Bonchev–Trinajstić information content (AvgIpc) is 2.57. The molecule has 120 valence electrons. The Balaban J connectivity index is 2.09. The first-order valence-corrected chi connectivity index (χ1v) is 7.70. The molecule has 0 saturated heterocycles. The minimum absolute atomic E-state index is 0.0493. The second-order valence-electron chi connectivity index (χ2n) is 5.23. The highest BCUT2D eigenvalue weighted by Gasteiger charge is 2.20. The predicted octanol–water partition coefficient (Wildman–Crippen LogP) is 4.52. The maximum absolute atomic E-state index is 12.7. The summed E-state index contributed by atoms with van der Waals surface area (Å²) >= 11 is 6.06. The minimum atomic E-state index is -0.560. The van der Waals surface area contributed by atoms with E-state index in [1.807, 2.05) is 18.2 Å². The van der Waals surface area contributed by atoms with E-state index in [2.05, 4.69) is 5.32 Å². The Hall–Kier alpha value is -2.85. The van der Waals surface area contributed by atoms with Crippen molar-refractivity contribution >= 4 is 23.2 Å². The summed E-state index contributed by atoms with van der Waals surface area (Å²) in [7, 11) is 0. The molecule has 1 aromatic heterocycles. The van der Waals surface area contributed by atoms with Crippen molar-refractivity contribution in [3.05, 3.63) is 87.2 Å². The second-order valence-corrected chi connectivity index (χ2v) is 5.63. The van der Waals surface area contributed by atoms with Crippen molar-refractivity contribution in [2.45, 2.75) is 6.92 Å². The van der Waals surface area contributed by atoms with Gasteiger partial charge in [0.1, 0.15) is 11.3 Å². The van der Waals surface area contributed by atoms with Crippen molar-refractivity contribution < 1.29 is 9.21 Å². The van der Waals surface area contributed by atoms with E-state index >= 15 is 0 Å². The zero-order valence-corrected chi connectivity index (χ0v) is 13.6. The molecule has 24 heavy (non-hydrogen) atoms. The molecule has 0 radical (unpaired) electrons. The van der Waals surface area contributed by atoms with E-state index in [4.69, 9.17) is 16.0 Å². The number of rotatable bonds is 3. The van der Waals surface area contributed by atoms with Gasteiger partial charge in [0.2, 0.25) is 0 Å². The lowest BCUT2D eigenvalue weighted by molar-refractivity contribution is 0.102. The molecule has 0 bridgehead atoms. The Morgan fingerprint density at radius 3 is 2.42 bits per heavy atom. The van der Waals surface area contributed by atoms with Crippen molar-refractivity contribution in [2.75, 3.05) is 5.32 Å². The van der Waals surface area contributed by atoms with Crippen LogP contribution in [0.1, 0.15) is 16.1 Å². The molecule has 0 aliphatic rings. The van der Waals surface area contributed by atoms with E-state index in [1.54, 1.807) is 43.3 Å². The van der Waals surface area contributed by atoms with Crippen molar-refractivity contribution in [3.8, 4) is 11.3 Å². The van der Waals surface area contributed by atoms with Crippen LogP contribution >= 0.6 is 11.6 Å². The van der Waals surface area contributed by atoms with Crippen LogP contribution in [0.3, 0.4) is 0 Å². The molecule has 1 amide bonds. The van der Waals surface area contributed by atoms with E-state index in [0.29, 0.717) is 22.0 Å². The van der Waals surface area contributed by atoms with Crippen molar-refractivity contribution in [2.24, 2.45) is 0 Å². The fourth-order valence-corrected chi connectivity index (χ4v) is 2.55. The number of aryl methyl sites for hydroxylation is 1. The van der Waals surface area contributed by atoms with Gasteiger partial charge in [0.05, 0.1) is 10.7 Å². The molecule has 0 saturated carbocycles. The second kappa shape index (κ2) is 6.72. The Morgan fingerprint density at radius 2 is 1.71 bits per heavy atom. The number of anilines is 1. The third-order valence-electron chi connectivity index (χ3n) is 3.46. The van der Waals surface area contributed by atoms with E-state index in [9.17, 15) is 9.59 Å². The van der Waals surface area contributed by atoms with Gasteiger partial charge < -0.3 is 9.73 Å². The number of amides is 1. The number of nitrogens with one attached hydrogen (secondary N) is 1. The van der Waals surface area contributed by atoms with Crippen LogP contribution in [-0.4, -0.2) is 5.91 Å². The Kier molecular flexibility index (Phi) is 4.49. The molecule has 0 atom stereocenters. The quantitative estimate of drug-likeness (QED) is 0.763. The minimum Gasteiger partial charge on any atom is -0.460 e. The molecule has 3 rings (SSSR count). The summed E-state index contributed by atoms with van der Waals surface area (Å²) in [6.07, 6.45) is 0. The molecule has 3 aromatic rings. The first-order chi connectivity index (χ1) is 11.6. The van der Waals surface area contributed by atoms with E-state index in [1.165, 1.54) is 6.07 Å². The zero-order valence-electron chi connectivity index (χ0n) is 12.9. The molecular formula is C19H14ClNO3. The van der Waals surface area contributed by atoms with Crippen LogP contribution in [-0.2, 0) is 0 Å². The highest BCUT2D eigenvalue weighted by atomic mass is 35.5. The molecule has 0 aliphatic heterocycles. The number of para-hydroxylation sites is 1. The maximum atomic E-state index is 12.7. The van der Waals surface area contributed by atoms with Crippen LogP contribution in [0.2, 0.25) is 5.02 Å². The summed E-state index contributed by atoms with van der Waals surface area (Å²) in [4.78, 5) is 25.1. The van der Waals surface area contributed by atoms with Gasteiger partial charge in [-0.05, 0) is 19.1 Å². The van der Waals surface area contributed by atoms with E-state index in [0.717, 1.165) is 0 Å². The molecule has 0 unspecified atom stereocenters. The van der Waals surface area contributed by atoms with Gasteiger partial charge in [-0.15, -0.1) is 0 Å². The van der Waals surface area contributed by atoms with Gasteiger partial charge >= 0.3 is 0 Å². The van der Waals surface area contributed by atoms with Gasteiger partial charge in [-0.2, -0.15) is 0 Å². The Bertz CT molecular complexity index is 948. The molecule has 1 N–H and O–H groups in total. The fraction of sp³-hybridized carbons (Fsp3) is 0.0526. The summed E-state index contributed by atoms with van der Waals surface area (Å²) < 4.78 is 5.67. The number of hydrogen-bond donors (Lipinski definition) is 1. The molecule has 1 heterocycles. The van der Waals surface area contributed by atoms with Gasteiger partial charge in [-0.1, -0.05) is 54.1 Å². The number of carbonyl (C=O) groups is 1. The monoisotopic (exact) mass is 339 g/mol. The standard InChI is InChI=1S/C19H14ClNO3/c1-12-11-16(22)17(18(24-12)13-7-3-2-4-8-13)19(23)21-15-10-6-5-9-14(15)20/h2-11H,1H3,(H,21,23). The van der Waals surface area contributed by atoms with Crippen LogP contribution in [0.4, 0.5) is 5.69 Å². The molecule has 0 spiro atoms. The van der Waals surface area contributed by atoms with Gasteiger partial charge in [0, 0.05) is 11.6 Å². The smallest absolute Gasteiger partial charge is 0.263 e. The van der Waals surface area contributed by atoms with Crippen molar-refractivity contribution in [1.82, 2.24) is 0 Å². The average molecular weight is 340 g/mol. The van der Waals surface area contributed by atoms with Crippen molar-refractivity contribution in [1.29, 1.82) is 0 Å². The lowest BCUT2D eigenvalue weighted by atomic mass is 10.1. The highest BCUT2D eigenvalue weighted by molar-refractivity contribution is 6.34. The molecule has 0 aliphatic carbocycles. The van der Waals surface area contributed by atoms with Crippen LogP contribution in [0.25, 0.3) is 11.3 Å². The molecular weight excluding hydrogens is 326 g/mol. The lowest BCUT2D eigenvalue weighted by Crippen LogP contribution is -2.22. The maximum Gasteiger partial charge on any atom is 0.263 e. The molecule has 2 aromatic carbocycles. The SMILES string of the molecule is Cc1cc(=O)c(C(=O)Nc2ccccc2Cl)c(-c2ccccc2)o1. The number of benzene rings is 2. The molecule has 4 nitrogen and oxygen atoms in total. The molecule has 5 heteroatoms. The fourth-order valence-electron chi connectivity index (χ4n) is 2.37. The first-order valence-electron chi connectivity index (χ1n) is 7.32. The third kappa shape index (κ3) is 3.24. The summed E-state index contributed by atoms with van der Waals surface area (Å²) in [5, 5.41) is 3.06. The summed E-state index contributed by atoms with van der Waals surface area (Å²) in [6.45, 7) is 1.67. The Labute approximate surface area is 143 Å². The van der Waals surface area contributed by atoms with Gasteiger partial charge in [0.15, 0.2) is 11.2 Å².